The maximum atomic E-state index is 12.3. The summed E-state index contributed by atoms with van der Waals surface area (Å²) < 4.78 is 25.9. The van der Waals surface area contributed by atoms with Gasteiger partial charge in [-0.2, -0.15) is 4.31 Å². The van der Waals surface area contributed by atoms with Crippen LogP contribution in [-0.2, 0) is 16.6 Å². The Bertz CT molecular complexity index is 555. The van der Waals surface area contributed by atoms with Crippen LogP contribution in [0.5, 0.6) is 0 Å². The van der Waals surface area contributed by atoms with Crippen LogP contribution in [0.4, 0.5) is 0 Å². The van der Waals surface area contributed by atoms with E-state index in [-0.39, 0.29) is 18.0 Å². The molecule has 1 aromatic rings. The number of hydrogen-bond donors (Lipinski definition) is 1. The molecule has 1 aromatic carbocycles. The lowest BCUT2D eigenvalue weighted by molar-refractivity contribution is 0.498. The normalized spacial score (nSPS) is 11.8. The van der Waals surface area contributed by atoms with Crippen LogP contribution in [0.1, 0.15) is 11.1 Å². The number of likely N-dealkylation sites (N-methyl/N-ethyl adjacent to an activating group) is 1. The number of sulfonamides is 1. The molecule has 0 saturated heterocycles. The van der Waals surface area contributed by atoms with E-state index in [4.69, 9.17) is 17.3 Å². The molecule has 0 aliphatic rings. The molecule has 0 heterocycles. The summed E-state index contributed by atoms with van der Waals surface area (Å²) in [5, 5.41) is 0.367. The van der Waals surface area contributed by atoms with Crippen LogP contribution in [-0.4, -0.2) is 26.3 Å². The van der Waals surface area contributed by atoms with Crippen molar-refractivity contribution in [2.24, 2.45) is 5.73 Å². The molecular formula is C12H17ClN2O2S. The van der Waals surface area contributed by atoms with Crippen molar-refractivity contribution in [3.63, 3.8) is 0 Å². The van der Waals surface area contributed by atoms with Crippen LogP contribution in [0.25, 0.3) is 0 Å². The SMILES string of the molecule is C=CCN(C)S(=O)(=O)c1cc(Cl)cc(CN)c1C. The monoisotopic (exact) mass is 288 g/mol. The molecule has 0 fully saturated rings. The smallest absolute Gasteiger partial charge is 0.243 e. The van der Waals surface area contributed by atoms with Crippen LogP contribution in [0.3, 0.4) is 0 Å². The van der Waals surface area contributed by atoms with Crippen molar-refractivity contribution < 1.29 is 8.42 Å². The van der Waals surface area contributed by atoms with Gasteiger partial charge in [0.2, 0.25) is 10.0 Å². The molecule has 100 valence electrons. The van der Waals surface area contributed by atoms with E-state index >= 15 is 0 Å². The predicted molar refractivity (Wildman–Crippen MR) is 74.1 cm³/mol. The van der Waals surface area contributed by atoms with Gasteiger partial charge in [-0.3, -0.25) is 0 Å². The maximum Gasteiger partial charge on any atom is 0.243 e. The fraction of sp³-hybridized carbons (Fsp3) is 0.333. The summed E-state index contributed by atoms with van der Waals surface area (Å²) in [6, 6.07) is 3.13. The highest BCUT2D eigenvalue weighted by molar-refractivity contribution is 7.89. The van der Waals surface area contributed by atoms with Gasteiger partial charge in [0.15, 0.2) is 0 Å². The van der Waals surface area contributed by atoms with E-state index in [2.05, 4.69) is 6.58 Å². The number of nitrogens with two attached hydrogens (primary N) is 1. The first-order chi connectivity index (χ1) is 8.34. The van der Waals surface area contributed by atoms with Gasteiger partial charge < -0.3 is 5.73 Å². The van der Waals surface area contributed by atoms with Crippen molar-refractivity contribution in [1.29, 1.82) is 0 Å². The Kier molecular flexibility index (Phi) is 4.92. The molecule has 0 bridgehead atoms. The standard InChI is InChI=1S/C12H17ClN2O2S/c1-4-5-15(3)18(16,17)12-7-11(13)6-10(8-14)9(12)2/h4,6-7H,1,5,8,14H2,2-3H3. The summed E-state index contributed by atoms with van der Waals surface area (Å²) in [6.45, 7) is 5.75. The topological polar surface area (TPSA) is 63.4 Å². The first kappa shape index (κ1) is 15.2. The largest absolute Gasteiger partial charge is 0.326 e. The van der Waals surface area contributed by atoms with Crippen molar-refractivity contribution in [2.45, 2.75) is 18.4 Å². The van der Waals surface area contributed by atoms with Gasteiger partial charge in [-0.15, -0.1) is 6.58 Å². The highest BCUT2D eigenvalue weighted by Crippen LogP contribution is 2.26. The molecule has 0 aromatic heterocycles. The predicted octanol–water partition coefficient (Wildman–Crippen LogP) is 1.91. The zero-order valence-electron chi connectivity index (χ0n) is 10.5. The van der Waals surface area contributed by atoms with E-state index in [9.17, 15) is 8.42 Å². The van der Waals surface area contributed by atoms with E-state index in [1.807, 2.05) is 0 Å². The van der Waals surface area contributed by atoms with Crippen LogP contribution < -0.4 is 5.73 Å². The molecule has 2 N–H and O–H groups in total. The Hall–Kier alpha value is -0.880. The number of halogens is 1. The highest BCUT2D eigenvalue weighted by atomic mass is 35.5. The summed E-state index contributed by atoms with van der Waals surface area (Å²) in [7, 11) is -2.07. The second-order valence-corrected chi connectivity index (χ2v) is 6.42. The highest BCUT2D eigenvalue weighted by Gasteiger charge is 2.23. The molecule has 0 atom stereocenters. The van der Waals surface area contributed by atoms with E-state index in [1.165, 1.54) is 23.5 Å². The van der Waals surface area contributed by atoms with Gasteiger partial charge in [-0.1, -0.05) is 17.7 Å². The molecule has 6 heteroatoms. The Morgan fingerprint density at radius 1 is 1.50 bits per heavy atom. The third kappa shape index (κ3) is 2.92. The van der Waals surface area contributed by atoms with Gasteiger partial charge in [-0.05, 0) is 30.2 Å². The number of hydrogen-bond acceptors (Lipinski definition) is 3. The van der Waals surface area contributed by atoms with Crippen molar-refractivity contribution in [3.8, 4) is 0 Å². The Morgan fingerprint density at radius 2 is 2.11 bits per heavy atom. The fourth-order valence-corrected chi connectivity index (χ4v) is 3.37. The van der Waals surface area contributed by atoms with Crippen LogP contribution in [0, 0.1) is 6.92 Å². The first-order valence-electron chi connectivity index (χ1n) is 5.41. The van der Waals surface area contributed by atoms with Gasteiger partial charge in [0.1, 0.15) is 0 Å². The van der Waals surface area contributed by atoms with Gasteiger partial charge >= 0.3 is 0 Å². The molecule has 0 spiro atoms. The molecule has 0 aliphatic carbocycles. The molecule has 0 radical (unpaired) electrons. The summed E-state index contributed by atoms with van der Waals surface area (Å²) in [5.74, 6) is 0. The minimum Gasteiger partial charge on any atom is -0.326 e. The number of nitrogens with zero attached hydrogens (tertiary/aromatic N) is 1. The minimum atomic E-state index is -3.56. The molecular weight excluding hydrogens is 272 g/mol. The quantitative estimate of drug-likeness (QED) is 0.842. The Balaban J connectivity index is 3.41. The third-order valence-electron chi connectivity index (χ3n) is 2.73. The van der Waals surface area contributed by atoms with Gasteiger partial charge in [0.05, 0.1) is 4.90 Å². The average Bonchev–Trinajstić information content (AvgIpc) is 2.31. The fourth-order valence-electron chi connectivity index (χ4n) is 1.64. The lowest BCUT2D eigenvalue weighted by Crippen LogP contribution is -2.28. The lowest BCUT2D eigenvalue weighted by Gasteiger charge is -2.18. The zero-order valence-corrected chi connectivity index (χ0v) is 12.1. The maximum absolute atomic E-state index is 12.3. The summed E-state index contributed by atoms with van der Waals surface area (Å²) in [5.41, 5.74) is 6.95. The molecule has 1 rings (SSSR count). The van der Waals surface area contributed by atoms with Crippen molar-refractivity contribution >= 4 is 21.6 Å². The summed E-state index contributed by atoms with van der Waals surface area (Å²) >= 11 is 5.93. The minimum absolute atomic E-state index is 0.194. The molecule has 4 nitrogen and oxygen atoms in total. The molecule has 0 amide bonds. The average molecular weight is 289 g/mol. The van der Waals surface area contributed by atoms with Gasteiger partial charge in [0, 0.05) is 25.2 Å². The van der Waals surface area contributed by atoms with E-state index in [1.54, 1.807) is 13.0 Å². The third-order valence-corrected chi connectivity index (χ3v) is 4.89. The summed E-state index contributed by atoms with van der Waals surface area (Å²) in [4.78, 5) is 0.194. The molecule has 18 heavy (non-hydrogen) atoms. The second kappa shape index (κ2) is 5.84. The van der Waals surface area contributed by atoms with Crippen molar-refractivity contribution in [2.75, 3.05) is 13.6 Å². The van der Waals surface area contributed by atoms with Gasteiger partial charge in [-0.25, -0.2) is 8.42 Å². The van der Waals surface area contributed by atoms with Crippen molar-refractivity contribution in [3.05, 3.63) is 40.9 Å². The second-order valence-electron chi connectivity index (χ2n) is 3.97. The van der Waals surface area contributed by atoms with Crippen molar-refractivity contribution in [1.82, 2.24) is 4.31 Å². The van der Waals surface area contributed by atoms with Crippen LogP contribution in [0.15, 0.2) is 29.7 Å². The van der Waals surface area contributed by atoms with E-state index in [0.29, 0.717) is 10.6 Å². The Labute approximate surface area is 113 Å². The molecule has 0 aliphatic heterocycles. The number of rotatable bonds is 5. The molecule has 0 unspecified atom stereocenters. The number of benzene rings is 1. The van der Waals surface area contributed by atoms with Crippen LogP contribution in [0.2, 0.25) is 5.02 Å². The first-order valence-corrected chi connectivity index (χ1v) is 7.22. The van der Waals surface area contributed by atoms with Crippen LogP contribution >= 0.6 is 11.6 Å². The zero-order chi connectivity index (χ0) is 13.9. The lowest BCUT2D eigenvalue weighted by atomic mass is 10.1. The molecule has 0 saturated carbocycles. The Morgan fingerprint density at radius 3 is 2.61 bits per heavy atom. The van der Waals surface area contributed by atoms with E-state index in [0.717, 1.165) is 5.56 Å². The van der Waals surface area contributed by atoms with E-state index < -0.39 is 10.0 Å². The van der Waals surface area contributed by atoms with Gasteiger partial charge in [0.25, 0.3) is 0 Å². The summed E-state index contributed by atoms with van der Waals surface area (Å²) in [6.07, 6.45) is 1.53.